The first-order valence-corrected chi connectivity index (χ1v) is 12.2. The average molecular weight is 502 g/mol. The fourth-order valence-electron chi connectivity index (χ4n) is 4.35. The van der Waals surface area contributed by atoms with E-state index in [0.29, 0.717) is 0 Å². The van der Waals surface area contributed by atoms with Crippen molar-refractivity contribution in [3.8, 4) is 11.1 Å². The molecule has 0 aliphatic heterocycles. The van der Waals surface area contributed by atoms with E-state index >= 15 is 0 Å². The van der Waals surface area contributed by atoms with Crippen LogP contribution in [0.15, 0.2) is 78.9 Å². The van der Waals surface area contributed by atoms with Gasteiger partial charge < -0.3 is 19.5 Å². The number of nitrogens with one attached hydrogen (secondary N) is 1. The number of alkyl carbamates (subject to hydrolysis) is 1. The van der Waals surface area contributed by atoms with Gasteiger partial charge in [-0.15, -0.1) is 0 Å². The molecule has 1 amide bonds. The van der Waals surface area contributed by atoms with Crippen LogP contribution in [0.3, 0.4) is 0 Å². The topological polar surface area (TPSA) is 90.9 Å². The molecule has 37 heavy (non-hydrogen) atoms. The Morgan fingerprint density at radius 3 is 1.97 bits per heavy atom. The summed E-state index contributed by atoms with van der Waals surface area (Å²) in [6.07, 6.45) is -1.19. The van der Waals surface area contributed by atoms with Gasteiger partial charge in [0.1, 0.15) is 24.9 Å². The molecular weight excluding hydrogens is 470 g/mol. The van der Waals surface area contributed by atoms with Crippen LogP contribution in [0.4, 0.5) is 4.79 Å². The van der Waals surface area contributed by atoms with E-state index in [2.05, 4.69) is 5.32 Å². The lowest BCUT2D eigenvalue weighted by atomic mass is 9.98. The summed E-state index contributed by atoms with van der Waals surface area (Å²) in [6, 6.07) is 23.9. The fraction of sp³-hybridized carbons (Fsp3) is 0.300. The maximum atomic E-state index is 12.8. The van der Waals surface area contributed by atoms with Crippen LogP contribution in [0, 0.1) is 0 Å². The number of ether oxygens (including phenoxy) is 3. The number of fused-ring (bicyclic) bond motifs is 3. The Morgan fingerprint density at radius 1 is 0.811 bits per heavy atom. The summed E-state index contributed by atoms with van der Waals surface area (Å²) in [5, 5.41) is 2.51. The van der Waals surface area contributed by atoms with Gasteiger partial charge in [0.25, 0.3) is 0 Å². The van der Waals surface area contributed by atoms with Gasteiger partial charge in [0.05, 0.1) is 6.42 Å². The molecule has 0 fully saturated rings. The van der Waals surface area contributed by atoms with Crippen LogP contribution in [-0.4, -0.2) is 36.3 Å². The number of carbonyl (C=O) groups excluding carboxylic acids is 3. The second-order valence-electron chi connectivity index (χ2n) is 9.91. The van der Waals surface area contributed by atoms with Crippen molar-refractivity contribution in [2.75, 3.05) is 6.61 Å². The van der Waals surface area contributed by atoms with Crippen LogP contribution < -0.4 is 5.32 Å². The molecule has 0 saturated heterocycles. The van der Waals surface area contributed by atoms with E-state index in [1.54, 1.807) is 20.8 Å². The lowest BCUT2D eigenvalue weighted by Crippen LogP contribution is -2.44. The highest BCUT2D eigenvalue weighted by atomic mass is 16.6. The minimum absolute atomic E-state index is 0.0108. The first-order chi connectivity index (χ1) is 17.7. The fourth-order valence-corrected chi connectivity index (χ4v) is 4.35. The molecule has 3 aromatic carbocycles. The van der Waals surface area contributed by atoms with Gasteiger partial charge in [-0.25, -0.2) is 9.59 Å². The summed E-state index contributed by atoms with van der Waals surface area (Å²) >= 11 is 0. The summed E-state index contributed by atoms with van der Waals surface area (Å²) < 4.78 is 16.3. The Kier molecular flexibility index (Phi) is 7.92. The molecule has 192 valence electrons. The first kappa shape index (κ1) is 25.9. The van der Waals surface area contributed by atoms with Gasteiger partial charge in [-0.1, -0.05) is 78.9 Å². The SMILES string of the molecule is CC(C)(C)OC(=O)CC(NC(=O)OCC1c2ccccc2-c2ccccc21)C(=O)OCc1ccccc1. The Morgan fingerprint density at radius 2 is 1.38 bits per heavy atom. The summed E-state index contributed by atoms with van der Waals surface area (Å²) in [4.78, 5) is 38.1. The van der Waals surface area contributed by atoms with E-state index in [4.69, 9.17) is 14.2 Å². The van der Waals surface area contributed by atoms with Gasteiger partial charge in [-0.05, 0) is 48.6 Å². The van der Waals surface area contributed by atoms with Crippen LogP contribution >= 0.6 is 0 Å². The highest BCUT2D eigenvalue weighted by molar-refractivity contribution is 5.86. The van der Waals surface area contributed by atoms with Crippen molar-refractivity contribution in [1.29, 1.82) is 0 Å². The van der Waals surface area contributed by atoms with E-state index < -0.39 is 29.7 Å². The van der Waals surface area contributed by atoms with Crippen molar-refractivity contribution in [2.45, 2.75) is 51.4 Å². The maximum Gasteiger partial charge on any atom is 0.407 e. The molecule has 1 aliphatic rings. The van der Waals surface area contributed by atoms with Gasteiger partial charge >= 0.3 is 18.0 Å². The minimum Gasteiger partial charge on any atom is -0.460 e. The highest BCUT2D eigenvalue weighted by Crippen LogP contribution is 2.44. The number of esters is 2. The summed E-state index contributed by atoms with van der Waals surface area (Å²) in [5.41, 5.74) is 4.42. The lowest BCUT2D eigenvalue weighted by Gasteiger charge is -2.22. The zero-order valence-electron chi connectivity index (χ0n) is 21.2. The van der Waals surface area contributed by atoms with Gasteiger partial charge in [0.15, 0.2) is 0 Å². The maximum absolute atomic E-state index is 12.8. The largest absolute Gasteiger partial charge is 0.460 e. The molecule has 1 N–H and O–H groups in total. The molecule has 0 radical (unpaired) electrons. The number of carbonyl (C=O) groups is 3. The molecule has 0 saturated carbocycles. The standard InChI is InChI=1S/C30H31NO6/c1-30(2,3)37-27(32)17-26(28(33)35-18-20-11-5-4-6-12-20)31-29(34)36-19-25-23-15-9-7-13-21(23)22-14-8-10-16-24(22)25/h4-16,25-26H,17-19H2,1-3H3,(H,31,34). The molecule has 3 aromatic rings. The van der Waals surface area contributed by atoms with Gasteiger partial charge in [0, 0.05) is 5.92 Å². The molecule has 0 heterocycles. The van der Waals surface area contributed by atoms with Crippen LogP contribution in [0.25, 0.3) is 11.1 Å². The van der Waals surface area contributed by atoms with Crippen molar-refractivity contribution in [3.63, 3.8) is 0 Å². The normalized spacial score (nSPS) is 13.2. The molecule has 0 aromatic heterocycles. The second kappa shape index (κ2) is 11.3. The molecule has 0 bridgehead atoms. The lowest BCUT2D eigenvalue weighted by molar-refractivity contribution is -0.160. The van der Waals surface area contributed by atoms with E-state index in [1.165, 1.54) is 0 Å². The average Bonchev–Trinajstić information content (AvgIpc) is 3.19. The summed E-state index contributed by atoms with van der Waals surface area (Å²) in [5.74, 6) is -1.51. The molecule has 1 unspecified atom stereocenters. The molecular formula is C30H31NO6. The highest BCUT2D eigenvalue weighted by Gasteiger charge is 2.31. The number of hydrogen-bond donors (Lipinski definition) is 1. The van der Waals surface area contributed by atoms with E-state index in [-0.39, 0.29) is 25.6 Å². The summed E-state index contributed by atoms with van der Waals surface area (Å²) in [6.45, 7) is 5.28. The van der Waals surface area contributed by atoms with Gasteiger partial charge in [-0.3, -0.25) is 4.79 Å². The molecule has 0 spiro atoms. The first-order valence-electron chi connectivity index (χ1n) is 12.2. The van der Waals surface area contributed by atoms with Crippen LogP contribution in [-0.2, 0) is 30.4 Å². The van der Waals surface area contributed by atoms with E-state index in [9.17, 15) is 14.4 Å². The molecule has 4 rings (SSSR count). The Labute approximate surface area is 216 Å². The van der Waals surface area contributed by atoms with Crippen molar-refractivity contribution < 1.29 is 28.6 Å². The quantitative estimate of drug-likeness (QED) is 0.330. The smallest absolute Gasteiger partial charge is 0.407 e. The third-order valence-electron chi connectivity index (χ3n) is 5.94. The number of benzene rings is 3. The number of amides is 1. The van der Waals surface area contributed by atoms with Crippen molar-refractivity contribution >= 4 is 18.0 Å². The third-order valence-corrected chi connectivity index (χ3v) is 5.94. The Hall–Kier alpha value is -4.13. The molecule has 7 heteroatoms. The van der Waals surface area contributed by atoms with Crippen LogP contribution in [0.2, 0.25) is 0 Å². The van der Waals surface area contributed by atoms with Gasteiger partial charge in [-0.2, -0.15) is 0 Å². The molecule has 1 aliphatic carbocycles. The van der Waals surface area contributed by atoms with Crippen LogP contribution in [0.5, 0.6) is 0 Å². The predicted molar refractivity (Wildman–Crippen MR) is 139 cm³/mol. The number of rotatable bonds is 8. The minimum atomic E-state index is -1.26. The predicted octanol–water partition coefficient (Wildman–Crippen LogP) is 5.37. The van der Waals surface area contributed by atoms with E-state index in [0.717, 1.165) is 27.8 Å². The van der Waals surface area contributed by atoms with Crippen LogP contribution in [0.1, 0.15) is 49.8 Å². The Bertz CT molecular complexity index is 1220. The molecule has 1 atom stereocenters. The summed E-state index contributed by atoms with van der Waals surface area (Å²) in [7, 11) is 0. The third kappa shape index (κ3) is 6.76. The van der Waals surface area contributed by atoms with Crippen molar-refractivity contribution in [3.05, 3.63) is 95.6 Å². The number of hydrogen-bond acceptors (Lipinski definition) is 6. The zero-order chi connectivity index (χ0) is 26.4. The second-order valence-corrected chi connectivity index (χ2v) is 9.91. The molecule has 7 nitrogen and oxygen atoms in total. The Balaban J connectivity index is 1.42. The van der Waals surface area contributed by atoms with Crippen molar-refractivity contribution in [1.82, 2.24) is 5.32 Å². The van der Waals surface area contributed by atoms with Gasteiger partial charge in [0.2, 0.25) is 0 Å². The van der Waals surface area contributed by atoms with Crippen molar-refractivity contribution in [2.24, 2.45) is 0 Å². The monoisotopic (exact) mass is 501 g/mol. The zero-order valence-corrected chi connectivity index (χ0v) is 21.2. The van der Waals surface area contributed by atoms with E-state index in [1.807, 2.05) is 78.9 Å².